The third-order valence-electron chi connectivity index (χ3n) is 4.57. The van der Waals surface area contributed by atoms with Crippen molar-refractivity contribution in [2.24, 2.45) is 12.8 Å². The van der Waals surface area contributed by atoms with Crippen LogP contribution < -0.4 is 5.73 Å². The van der Waals surface area contributed by atoms with Gasteiger partial charge in [0.05, 0.1) is 6.20 Å². The minimum absolute atomic E-state index is 0.136. The molecule has 1 aliphatic carbocycles. The van der Waals surface area contributed by atoms with Crippen LogP contribution in [0.3, 0.4) is 0 Å². The van der Waals surface area contributed by atoms with Crippen molar-refractivity contribution in [1.29, 1.82) is 0 Å². The molecule has 0 saturated heterocycles. The molecule has 1 fully saturated rings. The number of nitrogens with zero attached hydrogens (tertiary/aromatic N) is 2. The van der Waals surface area contributed by atoms with Gasteiger partial charge in [-0.05, 0) is 30.4 Å². The van der Waals surface area contributed by atoms with Crippen LogP contribution in [0.5, 0.6) is 0 Å². The number of aryl methyl sites for hydroxylation is 1. The van der Waals surface area contributed by atoms with Crippen LogP contribution in [0.25, 0.3) is 0 Å². The Labute approximate surface area is 120 Å². The third-order valence-corrected chi connectivity index (χ3v) is 4.57. The van der Waals surface area contributed by atoms with Crippen molar-refractivity contribution in [1.82, 2.24) is 9.78 Å². The molecule has 1 aromatic carbocycles. The number of rotatable bonds is 3. The number of hydrogen-bond donors (Lipinski definition) is 1. The van der Waals surface area contributed by atoms with Crippen LogP contribution in [-0.4, -0.2) is 15.3 Å². The van der Waals surface area contributed by atoms with Crippen LogP contribution >= 0.6 is 0 Å². The molecular formula is C17H23N3. The van der Waals surface area contributed by atoms with E-state index < -0.39 is 0 Å². The van der Waals surface area contributed by atoms with E-state index in [9.17, 15) is 0 Å². The quantitative estimate of drug-likeness (QED) is 0.931. The number of hydrogen-bond acceptors (Lipinski definition) is 2. The third kappa shape index (κ3) is 2.63. The van der Waals surface area contributed by atoms with Crippen molar-refractivity contribution in [3.05, 3.63) is 53.9 Å². The summed E-state index contributed by atoms with van der Waals surface area (Å²) in [4.78, 5) is 0. The highest BCUT2D eigenvalue weighted by atomic mass is 15.2. The monoisotopic (exact) mass is 269 g/mol. The summed E-state index contributed by atoms with van der Waals surface area (Å²) < 4.78 is 1.86. The predicted molar refractivity (Wildman–Crippen MR) is 81.5 cm³/mol. The predicted octanol–water partition coefficient (Wildman–Crippen LogP) is 3.02. The Morgan fingerprint density at radius 1 is 1.30 bits per heavy atom. The van der Waals surface area contributed by atoms with Gasteiger partial charge in [-0.3, -0.25) is 4.68 Å². The van der Waals surface area contributed by atoms with Crippen molar-refractivity contribution in [2.75, 3.05) is 0 Å². The van der Waals surface area contributed by atoms with E-state index in [2.05, 4.69) is 41.6 Å². The summed E-state index contributed by atoms with van der Waals surface area (Å²) in [6.07, 6.45) is 9.77. The molecule has 0 amide bonds. The number of nitrogens with two attached hydrogens (primary N) is 1. The Morgan fingerprint density at radius 2 is 2.10 bits per heavy atom. The summed E-state index contributed by atoms with van der Waals surface area (Å²) in [6, 6.07) is 10.8. The molecule has 2 atom stereocenters. The zero-order chi connectivity index (χ0) is 14.0. The van der Waals surface area contributed by atoms with Crippen molar-refractivity contribution < 1.29 is 0 Å². The van der Waals surface area contributed by atoms with E-state index in [-0.39, 0.29) is 5.54 Å². The largest absolute Gasteiger partial charge is 0.324 e. The molecule has 2 N–H and O–H groups in total. The summed E-state index contributed by atoms with van der Waals surface area (Å²) in [7, 11) is 1.96. The summed E-state index contributed by atoms with van der Waals surface area (Å²) in [6.45, 7) is 0. The van der Waals surface area contributed by atoms with Crippen LogP contribution in [0.4, 0.5) is 0 Å². The fourth-order valence-electron chi connectivity index (χ4n) is 3.60. The van der Waals surface area contributed by atoms with Gasteiger partial charge in [0.15, 0.2) is 0 Å². The molecule has 0 radical (unpaired) electrons. The smallest absolute Gasteiger partial charge is 0.0522 e. The first-order valence-electron chi connectivity index (χ1n) is 7.49. The second-order valence-electron chi connectivity index (χ2n) is 6.14. The van der Waals surface area contributed by atoms with Crippen LogP contribution in [0.2, 0.25) is 0 Å². The Hall–Kier alpha value is -1.61. The molecule has 1 aliphatic rings. The maximum Gasteiger partial charge on any atom is 0.0522 e. The highest BCUT2D eigenvalue weighted by Crippen LogP contribution is 2.41. The van der Waals surface area contributed by atoms with E-state index in [4.69, 9.17) is 5.73 Å². The van der Waals surface area contributed by atoms with Crippen molar-refractivity contribution in [2.45, 2.75) is 43.6 Å². The second-order valence-corrected chi connectivity index (χ2v) is 6.14. The minimum Gasteiger partial charge on any atom is -0.324 e. The first kappa shape index (κ1) is 13.4. The molecule has 3 heteroatoms. The molecular weight excluding hydrogens is 246 g/mol. The lowest BCUT2D eigenvalue weighted by molar-refractivity contribution is 0.249. The zero-order valence-corrected chi connectivity index (χ0v) is 12.1. The topological polar surface area (TPSA) is 43.8 Å². The Morgan fingerprint density at radius 3 is 2.80 bits per heavy atom. The van der Waals surface area contributed by atoms with Crippen LogP contribution in [0.15, 0.2) is 42.7 Å². The van der Waals surface area contributed by atoms with Gasteiger partial charge in [-0.1, -0.05) is 43.2 Å². The van der Waals surface area contributed by atoms with Crippen LogP contribution in [0, 0.1) is 0 Å². The Balaban J connectivity index is 1.87. The Bertz CT molecular complexity index is 561. The summed E-state index contributed by atoms with van der Waals surface area (Å²) in [5, 5.41) is 4.27. The molecule has 106 valence electrons. The van der Waals surface area contributed by atoms with Gasteiger partial charge in [0, 0.05) is 24.7 Å². The highest BCUT2D eigenvalue weighted by Gasteiger charge is 2.38. The first-order valence-corrected chi connectivity index (χ1v) is 7.49. The molecule has 3 rings (SSSR count). The van der Waals surface area contributed by atoms with E-state index in [1.165, 1.54) is 30.4 Å². The summed E-state index contributed by atoms with van der Waals surface area (Å²) >= 11 is 0. The molecule has 0 aliphatic heterocycles. The lowest BCUT2D eigenvalue weighted by atomic mass is 9.68. The van der Waals surface area contributed by atoms with Gasteiger partial charge < -0.3 is 5.73 Å². The first-order chi connectivity index (χ1) is 9.67. The van der Waals surface area contributed by atoms with E-state index in [1.807, 2.05) is 17.9 Å². The molecule has 1 heterocycles. The van der Waals surface area contributed by atoms with Gasteiger partial charge in [0.1, 0.15) is 0 Å². The zero-order valence-electron chi connectivity index (χ0n) is 12.1. The van der Waals surface area contributed by atoms with Gasteiger partial charge in [-0.25, -0.2) is 0 Å². The van der Waals surface area contributed by atoms with E-state index in [1.54, 1.807) is 0 Å². The van der Waals surface area contributed by atoms with Crippen LogP contribution in [0.1, 0.15) is 42.7 Å². The van der Waals surface area contributed by atoms with E-state index in [0.29, 0.717) is 5.92 Å². The molecule has 3 nitrogen and oxygen atoms in total. The highest BCUT2D eigenvalue weighted by molar-refractivity contribution is 5.26. The van der Waals surface area contributed by atoms with Crippen molar-refractivity contribution in [3.8, 4) is 0 Å². The molecule has 0 spiro atoms. The van der Waals surface area contributed by atoms with Gasteiger partial charge in [-0.15, -0.1) is 0 Å². The van der Waals surface area contributed by atoms with E-state index >= 15 is 0 Å². The maximum absolute atomic E-state index is 6.84. The number of benzene rings is 1. The lowest BCUT2D eigenvalue weighted by Gasteiger charge is -2.41. The van der Waals surface area contributed by atoms with Crippen molar-refractivity contribution >= 4 is 0 Å². The molecule has 2 aromatic rings. The maximum atomic E-state index is 6.84. The van der Waals surface area contributed by atoms with Gasteiger partial charge in [0.2, 0.25) is 0 Å². The summed E-state index contributed by atoms with van der Waals surface area (Å²) in [5.74, 6) is 0.456. The minimum atomic E-state index is -0.136. The average molecular weight is 269 g/mol. The summed E-state index contributed by atoms with van der Waals surface area (Å²) in [5.41, 5.74) is 9.34. The normalized spacial score (nSPS) is 26.6. The average Bonchev–Trinajstić information content (AvgIpc) is 2.85. The standard InChI is InChI=1S/C17H23N3/c1-20-13-14(12-19-20)11-17(18)10-6-5-9-16(17)15-7-3-2-4-8-15/h2-4,7-8,12-13,16H,5-6,9-11,18H2,1H3. The SMILES string of the molecule is Cn1cc(CC2(N)CCCCC2c2ccccc2)cn1. The van der Waals surface area contributed by atoms with Gasteiger partial charge in [-0.2, -0.15) is 5.10 Å². The fourth-order valence-corrected chi connectivity index (χ4v) is 3.60. The second kappa shape index (κ2) is 5.41. The van der Waals surface area contributed by atoms with E-state index in [0.717, 1.165) is 12.8 Å². The van der Waals surface area contributed by atoms with Gasteiger partial charge in [0.25, 0.3) is 0 Å². The molecule has 2 unspecified atom stereocenters. The number of aromatic nitrogens is 2. The fraction of sp³-hybridized carbons (Fsp3) is 0.471. The molecule has 1 aromatic heterocycles. The lowest BCUT2D eigenvalue weighted by Crippen LogP contribution is -2.49. The Kier molecular flexibility index (Phi) is 3.62. The molecule has 20 heavy (non-hydrogen) atoms. The molecule has 0 bridgehead atoms. The molecule has 1 saturated carbocycles. The van der Waals surface area contributed by atoms with Crippen LogP contribution in [-0.2, 0) is 13.5 Å². The van der Waals surface area contributed by atoms with Crippen molar-refractivity contribution in [3.63, 3.8) is 0 Å². The van der Waals surface area contributed by atoms with Gasteiger partial charge >= 0.3 is 0 Å².